The Morgan fingerprint density at radius 3 is 2.11 bits per heavy atom. The molecule has 3 aromatic rings. The van der Waals surface area contributed by atoms with Gasteiger partial charge in [0.05, 0.1) is 7.11 Å². The quantitative estimate of drug-likeness (QED) is 0.401. The van der Waals surface area contributed by atoms with Crippen LogP contribution < -0.4 is 15.4 Å². The molecule has 0 fully saturated rings. The Kier molecular flexibility index (Phi) is 9.56. The summed E-state index contributed by atoms with van der Waals surface area (Å²) in [5, 5.41) is 5.17. The lowest BCUT2D eigenvalue weighted by molar-refractivity contribution is -0.145. The number of ether oxygens (including phenoxy) is 2. The molecule has 188 valence electrons. The maximum absolute atomic E-state index is 14.1. The predicted molar refractivity (Wildman–Crippen MR) is 133 cm³/mol. The van der Waals surface area contributed by atoms with Crippen LogP contribution in [0.5, 0.6) is 5.75 Å². The summed E-state index contributed by atoms with van der Waals surface area (Å²) < 4.78 is 24.8. The second kappa shape index (κ2) is 13.0. The van der Waals surface area contributed by atoms with Crippen LogP contribution in [-0.2, 0) is 38.6 Å². The summed E-state index contributed by atoms with van der Waals surface area (Å²) in [6.07, 6.45) is 0.0866. The van der Waals surface area contributed by atoms with Crippen LogP contribution in [0.1, 0.15) is 23.6 Å². The molecule has 0 heterocycles. The summed E-state index contributed by atoms with van der Waals surface area (Å²) in [7, 11) is 1.23. The van der Waals surface area contributed by atoms with Crippen LogP contribution >= 0.6 is 0 Å². The number of esters is 1. The van der Waals surface area contributed by atoms with Crippen LogP contribution in [0.25, 0.3) is 0 Å². The van der Waals surface area contributed by atoms with Crippen LogP contribution in [0.4, 0.5) is 4.39 Å². The molecular formula is C28H29FN2O5. The number of carbonyl (C=O) groups is 3. The van der Waals surface area contributed by atoms with Crippen molar-refractivity contribution >= 4 is 17.8 Å². The van der Waals surface area contributed by atoms with Gasteiger partial charge in [-0.25, -0.2) is 9.18 Å². The van der Waals surface area contributed by atoms with Gasteiger partial charge in [0.2, 0.25) is 11.8 Å². The Bertz CT molecular complexity index is 1170. The average molecular weight is 493 g/mol. The van der Waals surface area contributed by atoms with E-state index in [0.29, 0.717) is 12.4 Å². The second-order valence-corrected chi connectivity index (χ2v) is 8.26. The normalized spacial score (nSPS) is 12.2. The van der Waals surface area contributed by atoms with Gasteiger partial charge in [-0.2, -0.15) is 0 Å². The van der Waals surface area contributed by atoms with Crippen molar-refractivity contribution in [2.24, 2.45) is 0 Å². The van der Waals surface area contributed by atoms with Crippen LogP contribution in [0.2, 0.25) is 0 Å². The molecule has 0 aliphatic rings. The van der Waals surface area contributed by atoms with Gasteiger partial charge in [-0.1, -0.05) is 60.7 Å². The highest BCUT2D eigenvalue weighted by Gasteiger charge is 2.28. The van der Waals surface area contributed by atoms with Crippen molar-refractivity contribution in [1.29, 1.82) is 0 Å². The molecule has 0 saturated heterocycles. The minimum Gasteiger partial charge on any atom is -0.489 e. The van der Waals surface area contributed by atoms with Crippen LogP contribution in [-0.4, -0.2) is 37.0 Å². The summed E-state index contributed by atoms with van der Waals surface area (Å²) in [4.78, 5) is 37.1. The number of carbonyl (C=O) groups excluding carboxylic acids is 3. The molecular weight excluding hydrogens is 463 g/mol. The molecule has 0 saturated carbocycles. The zero-order chi connectivity index (χ0) is 25.9. The topological polar surface area (TPSA) is 93.7 Å². The predicted octanol–water partition coefficient (Wildman–Crippen LogP) is 3.35. The van der Waals surface area contributed by atoms with Crippen molar-refractivity contribution in [1.82, 2.24) is 10.6 Å². The number of rotatable bonds is 11. The Labute approximate surface area is 209 Å². The standard InChI is InChI=1S/C28H29FN2O5/c1-19(32)30-25(17-22-10-6-7-11-24(22)29)27(33)31-26(28(34)35-2)16-20-12-14-23(15-13-20)36-18-21-8-4-3-5-9-21/h3-15,25-26H,16-18H2,1-2H3,(H,30,32)(H,31,33)/t25-,26-/m0/s1. The zero-order valence-electron chi connectivity index (χ0n) is 20.2. The first kappa shape index (κ1) is 26.4. The highest BCUT2D eigenvalue weighted by Crippen LogP contribution is 2.16. The minimum absolute atomic E-state index is 0.0700. The van der Waals surface area contributed by atoms with E-state index in [4.69, 9.17) is 9.47 Å². The molecule has 7 nitrogen and oxygen atoms in total. The van der Waals surface area contributed by atoms with Gasteiger partial charge in [-0.3, -0.25) is 9.59 Å². The number of halogens is 1. The van der Waals surface area contributed by atoms with Gasteiger partial charge < -0.3 is 20.1 Å². The van der Waals surface area contributed by atoms with E-state index < -0.39 is 35.7 Å². The van der Waals surface area contributed by atoms with Crippen molar-refractivity contribution in [2.75, 3.05) is 7.11 Å². The van der Waals surface area contributed by atoms with E-state index in [2.05, 4.69) is 10.6 Å². The number of nitrogens with one attached hydrogen (secondary N) is 2. The van der Waals surface area contributed by atoms with E-state index in [1.165, 1.54) is 32.2 Å². The molecule has 0 spiro atoms. The highest BCUT2D eigenvalue weighted by molar-refractivity contribution is 5.90. The average Bonchev–Trinajstić information content (AvgIpc) is 2.88. The van der Waals surface area contributed by atoms with Crippen molar-refractivity contribution in [3.05, 3.63) is 101 Å². The minimum atomic E-state index is -1.07. The Balaban J connectivity index is 1.66. The molecule has 0 aliphatic carbocycles. The molecule has 2 amide bonds. The van der Waals surface area contributed by atoms with E-state index in [1.807, 2.05) is 30.3 Å². The van der Waals surface area contributed by atoms with Crippen molar-refractivity contribution < 1.29 is 28.2 Å². The smallest absolute Gasteiger partial charge is 0.328 e. The molecule has 0 aromatic heterocycles. The summed E-state index contributed by atoms with van der Waals surface area (Å²) in [5.41, 5.74) is 2.08. The van der Waals surface area contributed by atoms with Crippen LogP contribution in [0, 0.1) is 5.82 Å². The summed E-state index contributed by atoms with van der Waals surface area (Å²) >= 11 is 0. The first-order chi connectivity index (χ1) is 17.4. The molecule has 0 aliphatic heterocycles. The van der Waals surface area contributed by atoms with Gasteiger partial charge >= 0.3 is 5.97 Å². The van der Waals surface area contributed by atoms with Crippen LogP contribution in [0.15, 0.2) is 78.9 Å². The van der Waals surface area contributed by atoms with Gasteiger partial charge in [0.15, 0.2) is 0 Å². The third kappa shape index (κ3) is 7.94. The fraction of sp³-hybridized carbons (Fsp3) is 0.250. The molecule has 3 aromatic carbocycles. The lowest BCUT2D eigenvalue weighted by Crippen LogP contribution is -2.53. The fourth-order valence-corrected chi connectivity index (χ4v) is 3.64. The Morgan fingerprint density at radius 2 is 1.47 bits per heavy atom. The van der Waals surface area contributed by atoms with Crippen molar-refractivity contribution in [2.45, 2.75) is 38.5 Å². The number of methoxy groups -OCH3 is 1. The van der Waals surface area contributed by atoms with Gasteiger partial charge in [-0.15, -0.1) is 0 Å². The molecule has 0 bridgehead atoms. The number of amides is 2. The maximum Gasteiger partial charge on any atom is 0.328 e. The lowest BCUT2D eigenvalue weighted by atomic mass is 10.0. The summed E-state index contributed by atoms with van der Waals surface area (Å²) in [6.45, 7) is 1.69. The van der Waals surface area contributed by atoms with E-state index in [1.54, 1.807) is 30.3 Å². The van der Waals surface area contributed by atoms with E-state index in [9.17, 15) is 18.8 Å². The number of benzene rings is 3. The second-order valence-electron chi connectivity index (χ2n) is 8.26. The maximum atomic E-state index is 14.1. The van der Waals surface area contributed by atoms with E-state index in [-0.39, 0.29) is 18.4 Å². The number of hydrogen-bond donors (Lipinski definition) is 2. The molecule has 8 heteroatoms. The van der Waals surface area contributed by atoms with Gasteiger partial charge in [0, 0.05) is 19.8 Å². The summed E-state index contributed by atoms with van der Waals surface area (Å²) in [6, 6.07) is 20.9. The first-order valence-electron chi connectivity index (χ1n) is 11.5. The van der Waals surface area contributed by atoms with E-state index >= 15 is 0 Å². The SMILES string of the molecule is COC(=O)[C@H](Cc1ccc(OCc2ccccc2)cc1)NC(=O)[C@H](Cc1ccccc1F)NC(C)=O. The first-order valence-corrected chi connectivity index (χ1v) is 11.5. The summed E-state index contributed by atoms with van der Waals surface area (Å²) in [5.74, 6) is -1.53. The zero-order valence-corrected chi connectivity index (χ0v) is 20.2. The monoisotopic (exact) mass is 492 g/mol. The molecule has 0 unspecified atom stereocenters. The lowest BCUT2D eigenvalue weighted by Gasteiger charge is -2.22. The largest absolute Gasteiger partial charge is 0.489 e. The van der Waals surface area contributed by atoms with Crippen molar-refractivity contribution in [3.8, 4) is 5.75 Å². The van der Waals surface area contributed by atoms with Crippen LogP contribution in [0.3, 0.4) is 0 Å². The molecule has 2 N–H and O–H groups in total. The Hall–Kier alpha value is -4.20. The highest BCUT2D eigenvalue weighted by atomic mass is 19.1. The third-order valence-corrected chi connectivity index (χ3v) is 5.49. The number of hydrogen-bond acceptors (Lipinski definition) is 5. The molecule has 3 rings (SSSR count). The van der Waals surface area contributed by atoms with Crippen molar-refractivity contribution in [3.63, 3.8) is 0 Å². The molecule has 0 radical (unpaired) electrons. The fourth-order valence-electron chi connectivity index (χ4n) is 3.64. The molecule has 36 heavy (non-hydrogen) atoms. The van der Waals surface area contributed by atoms with Gasteiger partial charge in [-0.05, 0) is 34.9 Å². The van der Waals surface area contributed by atoms with Gasteiger partial charge in [0.25, 0.3) is 0 Å². The molecule has 2 atom stereocenters. The Morgan fingerprint density at radius 1 is 0.806 bits per heavy atom. The van der Waals surface area contributed by atoms with E-state index in [0.717, 1.165) is 11.1 Å². The van der Waals surface area contributed by atoms with Gasteiger partial charge in [0.1, 0.15) is 30.3 Å². The third-order valence-electron chi connectivity index (χ3n) is 5.49.